The molecule has 2 aliphatic rings. The zero-order valence-electron chi connectivity index (χ0n) is 11.7. The van der Waals surface area contributed by atoms with Gasteiger partial charge in [-0.25, -0.2) is 4.79 Å². The first-order valence-electron chi connectivity index (χ1n) is 6.75. The van der Waals surface area contributed by atoms with Gasteiger partial charge in [0, 0.05) is 12.1 Å². The van der Waals surface area contributed by atoms with Crippen LogP contribution in [-0.2, 0) is 9.59 Å². The minimum atomic E-state index is -0.725. The molecule has 2 fully saturated rings. The Kier molecular flexibility index (Phi) is 3.62. The molecule has 0 radical (unpaired) electrons. The van der Waals surface area contributed by atoms with Gasteiger partial charge in [0.15, 0.2) is 0 Å². The molecule has 1 aliphatic carbocycles. The SMILES string of the molecule is CCC1C(=O)NC(=O)N(CC2(N(C)C)CCC2)C1=O. The van der Waals surface area contributed by atoms with E-state index < -0.39 is 17.9 Å². The number of urea groups is 1. The Labute approximate surface area is 113 Å². The third-order valence-corrected chi connectivity index (χ3v) is 4.45. The van der Waals surface area contributed by atoms with Crippen molar-refractivity contribution in [2.75, 3.05) is 20.6 Å². The minimum absolute atomic E-state index is 0.119. The van der Waals surface area contributed by atoms with Crippen molar-refractivity contribution in [3.63, 3.8) is 0 Å². The summed E-state index contributed by atoms with van der Waals surface area (Å²) in [6.07, 6.45) is 3.48. The molecule has 1 atom stereocenters. The Balaban J connectivity index is 2.16. The number of hydrogen-bond acceptors (Lipinski definition) is 4. The summed E-state index contributed by atoms with van der Waals surface area (Å²) in [7, 11) is 3.93. The van der Waals surface area contributed by atoms with E-state index in [1.165, 1.54) is 4.90 Å². The molecule has 6 heteroatoms. The van der Waals surface area contributed by atoms with Crippen molar-refractivity contribution in [3.05, 3.63) is 0 Å². The number of likely N-dealkylation sites (N-methyl/N-ethyl adjacent to an activating group) is 1. The lowest BCUT2D eigenvalue weighted by Gasteiger charge is -2.49. The molecule has 4 amide bonds. The van der Waals surface area contributed by atoms with Gasteiger partial charge in [-0.2, -0.15) is 0 Å². The maximum absolute atomic E-state index is 12.2. The number of nitrogens with one attached hydrogen (secondary N) is 1. The maximum Gasteiger partial charge on any atom is 0.330 e. The third-order valence-electron chi connectivity index (χ3n) is 4.45. The summed E-state index contributed by atoms with van der Waals surface area (Å²) in [5, 5.41) is 2.28. The van der Waals surface area contributed by atoms with Crippen LogP contribution in [0.5, 0.6) is 0 Å². The molecule has 1 aliphatic heterocycles. The van der Waals surface area contributed by atoms with Crippen LogP contribution in [0.3, 0.4) is 0 Å². The molecule has 1 unspecified atom stereocenters. The standard InChI is InChI=1S/C13H21N3O3/c1-4-9-10(17)14-12(19)16(11(9)18)8-13(15(2)3)6-5-7-13/h9H,4-8H2,1-3H3,(H,14,17,19). The van der Waals surface area contributed by atoms with Crippen LogP contribution in [0.15, 0.2) is 0 Å². The first kappa shape index (κ1) is 14.0. The lowest BCUT2D eigenvalue weighted by molar-refractivity contribution is -0.144. The van der Waals surface area contributed by atoms with Gasteiger partial charge in [0.25, 0.3) is 0 Å². The van der Waals surface area contributed by atoms with Crippen LogP contribution >= 0.6 is 0 Å². The van der Waals surface area contributed by atoms with Crippen LogP contribution in [0.25, 0.3) is 0 Å². The molecule has 0 aromatic carbocycles. The molecule has 0 aromatic rings. The quantitative estimate of drug-likeness (QED) is 0.756. The second-order valence-corrected chi connectivity index (χ2v) is 5.65. The van der Waals surface area contributed by atoms with Crippen molar-refractivity contribution in [1.82, 2.24) is 15.1 Å². The molecule has 19 heavy (non-hydrogen) atoms. The van der Waals surface area contributed by atoms with E-state index in [2.05, 4.69) is 10.2 Å². The molecule has 0 bridgehead atoms. The topological polar surface area (TPSA) is 69.7 Å². The molecule has 1 heterocycles. The minimum Gasteiger partial charge on any atom is -0.302 e. The predicted octanol–water partition coefficient (Wildman–Crippen LogP) is 0.575. The van der Waals surface area contributed by atoms with Crippen LogP contribution < -0.4 is 5.32 Å². The Hall–Kier alpha value is -1.43. The van der Waals surface area contributed by atoms with Crippen molar-refractivity contribution in [2.45, 2.75) is 38.1 Å². The fraction of sp³-hybridized carbons (Fsp3) is 0.769. The number of amides is 4. The number of carbonyl (C=O) groups is 3. The van der Waals surface area contributed by atoms with Crippen molar-refractivity contribution in [2.24, 2.45) is 5.92 Å². The third kappa shape index (κ3) is 2.25. The Morgan fingerprint density at radius 3 is 2.37 bits per heavy atom. The number of carbonyl (C=O) groups excluding carboxylic acids is 3. The highest BCUT2D eigenvalue weighted by Crippen LogP contribution is 2.37. The zero-order chi connectivity index (χ0) is 14.2. The van der Waals surface area contributed by atoms with Crippen LogP contribution in [0.1, 0.15) is 32.6 Å². The van der Waals surface area contributed by atoms with E-state index in [1.54, 1.807) is 6.92 Å². The summed E-state index contributed by atoms with van der Waals surface area (Å²) in [6, 6.07) is -0.576. The summed E-state index contributed by atoms with van der Waals surface area (Å²) >= 11 is 0. The van der Waals surface area contributed by atoms with Crippen molar-refractivity contribution in [3.8, 4) is 0 Å². The van der Waals surface area contributed by atoms with Gasteiger partial charge in [-0.05, 0) is 39.8 Å². The van der Waals surface area contributed by atoms with E-state index >= 15 is 0 Å². The van der Waals surface area contributed by atoms with E-state index in [9.17, 15) is 14.4 Å². The van der Waals surface area contributed by atoms with Gasteiger partial charge in [0.1, 0.15) is 5.92 Å². The van der Waals surface area contributed by atoms with Crippen LogP contribution in [-0.4, -0.2) is 53.8 Å². The average molecular weight is 267 g/mol. The van der Waals surface area contributed by atoms with Gasteiger partial charge in [-0.15, -0.1) is 0 Å². The Morgan fingerprint density at radius 2 is 1.95 bits per heavy atom. The van der Waals surface area contributed by atoms with E-state index in [0.29, 0.717) is 13.0 Å². The summed E-state index contributed by atoms with van der Waals surface area (Å²) < 4.78 is 0. The number of hydrogen-bond donors (Lipinski definition) is 1. The van der Waals surface area contributed by atoms with Crippen LogP contribution in [0, 0.1) is 5.92 Å². The molecule has 106 valence electrons. The summed E-state index contributed by atoms with van der Waals surface area (Å²) in [4.78, 5) is 39.0. The second kappa shape index (κ2) is 4.92. The van der Waals surface area contributed by atoms with Crippen molar-refractivity contribution in [1.29, 1.82) is 0 Å². The lowest BCUT2D eigenvalue weighted by Crippen LogP contribution is -2.65. The highest BCUT2D eigenvalue weighted by atomic mass is 16.2. The van der Waals surface area contributed by atoms with Crippen molar-refractivity contribution < 1.29 is 14.4 Å². The highest BCUT2D eigenvalue weighted by Gasteiger charge is 2.47. The van der Waals surface area contributed by atoms with Gasteiger partial charge in [-0.3, -0.25) is 19.8 Å². The monoisotopic (exact) mass is 267 g/mol. The predicted molar refractivity (Wildman–Crippen MR) is 69.3 cm³/mol. The van der Waals surface area contributed by atoms with Gasteiger partial charge in [0.05, 0.1) is 0 Å². The molecule has 6 nitrogen and oxygen atoms in total. The maximum atomic E-state index is 12.2. The highest BCUT2D eigenvalue weighted by molar-refractivity contribution is 6.16. The molecular formula is C13H21N3O3. The molecule has 1 saturated carbocycles. The first-order chi connectivity index (χ1) is 8.91. The smallest absolute Gasteiger partial charge is 0.302 e. The Morgan fingerprint density at radius 1 is 1.32 bits per heavy atom. The number of imide groups is 2. The van der Waals surface area contributed by atoms with Crippen LogP contribution in [0.2, 0.25) is 0 Å². The first-order valence-corrected chi connectivity index (χ1v) is 6.75. The number of nitrogens with zero attached hydrogens (tertiary/aromatic N) is 2. The van der Waals surface area contributed by atoms with Gasteiger partial charge >= 0.3 is 6.03 Å². The average Bonchev–Trinajstić information content (AvgIpc) is 2.26. The molecule has 0 aromatic heterocycles. The number of barbiturate groups is 1. The van der Waals surface area contributed by atoms with Gasteiger partial charge in [0.2, 0.25) is 11.8 Å². The zero-order valence-corrected chi connectivity index (χ0v) is 11.7. The summed E-state index contributed by atoms with van der Waals surface area (Å²) in [6.45, 7) is 2.15. The van der Waals surface area contributed by atoms with Crippen molar-refractivity contribution >= 4 is 17.8 Å². The molecular weight excluding hydrogens is 246 g/mol. The number of rotatable bonds is 4. The second-order valence-electron chi connectivity index (χ2n) is 5.65. The molecule has 2 rings (SSSR count). The molecule has 1 saturated heterocycles. The van der Waals surface area contributed by atoms with Crippen LogP contribution in [0.4, 0.5) is 4.79 Å². The van der Waals surface area contributed by atoms with E-state index in [0.717, 1.165) is 19.3 Å². The van der Waals surface area contributed by atoms with Gasteiger partial charge in [-0.1, -0.05) is 6.92 Å². The lowest BCUT2D eigenvalue weighted by atomic mass is 9.75. The Bertz CT molecular complexity index is 415. The largest absolute Gasteiger partial charge is 0.330 e. The van der Waals surface area contributed by atoms with E-state index in [4.69, 9.17) is 0 Å². The molecule has 0 spiro atoms. The summed E-state index contributed by atoms with van der Waals surface area (Å²) in [5.41, 5.74) is -0.119. The fourth-order valence-corrected chi connectivity index (χ4v) is 2.80. The molecule has 1 N–H and O–H groups in total. The fourth-order valence-electron chi connectivity index (χ4n) is 2.80. The van der Waals surface area contributed by atoms with Gasteiger partial charge < -0.3 is 4.90 Å². The van der Waals surface area contributed by atoms with E-state index in [-0.39, 0.29) is 11.4 Å². The van der Waals surface area contributed by atoms with E-state index in [1.807, 2.05) is 14.1 Å². The summed E-state index contributed by atoms with van der Waals surface area (Å²) in [5.74, 6) is -1.55. The normalized spacial score (nSPS) is 26.4.